The molecule has 148 valence electrons. The van der Waals surface area contributed by atoms with Gasteiger partial charge in [0, 0.05) is 28.1 Å². The molecule has 4 rings (SSSR count). The third-order valence-corrected chi connectivity index (χ3v) is 5.03. The molecule has 0 atom stereocenters. The van der Waals surface area contributed by atoms with Crippen LogP contribution in [0, 0.1) is 6.92 Å². The summed E-state index contributed by atoms with van der Waals surface area (Å²) in [5.41, 5.74) is 11.0. The number of nitrogens with two attached hydrogens (primary N) is 1. The van der Waals surface area contributed by atoms with E-state index in [4.69, 9.17) is 5.73 Å². The first-order valence-electron chi connectivity index (χ1n) is 9.36. The molecule has 0 aliphatic carbocycles. The minimum atomic E-state index is -0.506. The van der Waals surface area contributed by atoms with E-state index in [0.717, 1.165) is 23.0 Å². The molecule has 4 N–H and O–H groups in total. The normalized spacial score (nSPS) is 14.0. The summed E-state index contributed by atoms with van der Waals surface area (Å²) >= 11 is 0. The zero-order valence-electron chi connectivity index (χ0n) is 16.2. The van der Waals surface area contributed by atoms with E-state index < -0.39 is 5.91 Å². The van der Waals surface area contributed by atoms with Crippen molar-refractivity contribution >= 4 is 40.7 Å². The van der Waals surface area contributed by atoms with Crippen molar-refractivity contribution in [2.24, 2.45) is 5.73 Å². The van der Waals surface area contributed by atoms with Crippen molar-refractivity contribution in [2.45, 2.75) is 6.92 Å². The largest absolute Gasteiger partial charge is 0.366 e. The molecule has 6 nitrogen and oxygen atoms in total. The van der Waals surface area contributed by atoms with Crippen LogP contribution in [-0.4, -0.2) is 18.1 Å². The molecule has 0 saturated heterocycles. The predicted octanol–water partition coefficient (Wildman–Crippen LogP) is 3.84. The second kappa shape index (κ2) is 7.67. The second-order valence-corrected chi connectivity index (χ2v) is 7.01. The number of nitrogens with one attached hydrogen (secondary N) is 2. The predicted molar refractivity (Wildman–Crippen MR) is 117 cm³/mol. The van der Waals surface area contributed by atoms with Gasteiger partial charge >= 0.3 is 0 Å². The highest BCUT2D eigenvalue weighted by atomic mass is 16.2. The van der Waals surface area contributed by atoms with Crippen LogP contribution in [0.5, 0.6) is 0 Å². The molecule has 0 saturated carbocycles. The number of primary amides is 1. The van der Waals surface area contributed by atoms with Gasteiger partial charge in [-0.1, -0.05) is 30.3 Å². The topological polar surface area (TPSA) is 101 Å². The number of fused-ring (bicyclic) bond motifs is 1. The standard InChI is InChI=1S/C24H19N3O3/c1-14-11-19-20(12-17(14)13-28)27-24(30)21(19)22(15-5-3-2-4-6-15)26-18-9-7-16(8-10-18)23(25)29/h2-13,26H,1H3,(H2,25,29)(H,27,30)/b22-21-. The summed E-state index contributed by atoms with van der Waals surface area (Å²) in [6.07, 6.45) is 0.778. The van der Waals surface area contributed by atoms with Crippen LogP contribution in [0.15, 0.2) is 66.7 Å². The van der Waals surface area contributed by atoms with Gasteiger partial charge in [-0.15, -0.1) is 0 Å². The molecule has 3 aromatic rings. The Bertz CT molecular complexity index is 1200. The van der Waals surface area contributed by atoms with E-state index in [9.17, 15) is 14.4 Å². The molecule has 6 heteroatoms. The molecule has 3 aromatic carbocycles. The first-order valence-corrected chi connectivity index (χ1v) is 9.36. The van der Waals surface area contributed by atoms with Crippen molar-refractivity contribution in [1.82, 2.24) is 0 Å². The Hall–Kier alpha value is -4.19. The average Bonchev–Trinajstić information content (AvgIpc) is 3.06. The number of aldehydes is 1. The minimum absolute atomic E-state index is 0.257. The molecule has 0 unspecified atom stereocenters. The lowest BCUT2D eigenvalue weighted by Crippen LogP contribution is -2.11. The quantitative estimate of drug-likeness (QED) is 0.450. The number of hydrogen-bond donors (Lipinski definition) is 3. The van der Waals surface area contributed by atoms with E-state index in [1.807, 2.05) is 43.3 Å². The van der Waals surface area contributed by atoms with Crippen molar-refractivity contribution < 1.29 is 14.4 Å². The fourth-order valence-electron chi connectivity index (χ4n) is 3.46. The number of hydrogen-bond acceptors (Lipinski definition) is 4. The van der Waals surface area contributed by atoms with Crippen LogP contribution in [0.25, 0.3) is 11.3 Å². The van der Waals surface area contributed by atoms with E-state index in [0.29, 0.717) is 33.8 Å². The molecule has 0 fully saturated rings. The molecular weight excluding hydrogens is 378 g/mol. The Kier molecular flexibility index (Phi) is 4.90. The zero-order valence-corrected chi connectivity index (χ0v) is 16.2. The van der Waals surface area contributed by atoms with E-state index in [2.05, 4.69) is 10.6 Å². The third kappa shape index (κ3) is 3.46. The highest BCUT2D eigenvalue weighted by Crippen LogP contribution is 2.38. The molecule has 0 aromatic heterocycles. The Morgan fingerprint density at radius 3 is 2.33 bits per heavy atom. The van der Waals surface area contributed by atoms with Gasteiger partial charge in [-0.25, -0.2) is 0 Å². The molecule has 1 aliphatic rings. The number of rotatable bonds is 5. The Morgan fingerprint density at radius 2 is 1.70 bits per heavy atom. The smallest absolute Gasteiger partial charge is 0.258 e. The molecule has 1 aliphatic heterocycles. The van der Waals surface area contributed by atoms with Gasteiger partial charge in [0.1, 0.15) is 6.29 Å². The van der Waals surface area contributed by atoms with Crippen molar-refractivity contribution in [3.05, 3.63) is 94.5 Å². The SMILES string of the molecule is Cc1cc2c(cc1C=O)NC(=O)/C2=C(\Nc1ccc(C(N)=O)cc1)c1ccccc1. The van der Waals surface area contributed by atoms with Gasteiger partial charge in [0.15, 0.2) is 0 Å². The van der Waals surface area contributed by atoms with Crippen LogP contribution in [0.3, 0.4) is 0 Å². The van der Waals surface area contributed by atoms with Gasteiger partial charge < -0.3 is 16.4 Å². The third-order valence-electron chi connectivity index (χ3n) is 5.03. The Labute approximate surface area is 173 Å². The highest BCUT2D eigenvalue weighted by Gasteiger charge is 2.29. The minimum Gasteiger partial charge on any atom is -0.366 e. The lowest BCUT2D eigenvalue weighted by Gasteiger charge is -2.15. The summed E-state index contributed by atoms with van der Waals surface area (Å²) in [4.78, 5) is 35.6. The Balaban J connectivity index is 1.88. The summed E-state index contributed by atoms with van der Waals surface area (Å²) in [7, 11) is 0. The van der Waals surface area contributed by atoms with Crippen LogP contribution >= 0.6 is 0 Å². The Morgan fingerprint density at radius 1 is 1.00 bits per heavy atom. The first kappa shape index (κ1) is 19.1. The summed E-state index contributed by atoms with van der Waals surface area (Å²) in [5.74, 6) is -0.763. The molecule has 2 amide bonds. The van der Waals surface area contributed by atoms with Crippen molar-refractivity contribution in [3.8, 4) is 0 Å². The van der Waals surface area contributed by atoms with Crippen LogP contribution < -0.4 is 16.4 Å². The van der Waals surface area contributed by atoms with Gasteiger partial charge in [-0.2, -0.15) is 0 Å². The summed E-state index contributed by atoms with van der Waals surface area (Å²) in [6, 6.07) is 19.7. The van der Waals surface area contributed by atoms with Gasteiger partial charge in [0.25, 0.3) is 5.91 Å². The lowest BCUT2D eigenvalue weighted by molar-refractivity contribution is -0.110. The molecule has 0 spiro atoms. The highest BCUT2D eigenvalue weighted by molar-refractivity contribution is 6.37. The average molecular weight is 397 g/mol. The number of carbonyl (C=O) groups excluding carboxylic acids is 3. The van der Waals surface area contributed by atoms with Gasteiger partial charge in [-0.05, 0) is 54.4 Å². The molecule has 0 radical (unpaired) electrons. The first-order chi connectivity index (χ1) is 14.5. The van der Waals surface area contributed by atoms with E-state index in [1.54, 1.807) is 30.3 Å². The number of carbonyl (C=O) groups is 3. The van der Waals surface area contributed by atoms with Crippen molar-refractivity contribution in [3.63, 3.8) is 0 Å². The number of aryl methyl sites for hydroxylation is 1. The van der Waals surface area contributed by atoms with E-state index >= 15 is 0 Å². The fourth-order valence-corrected chi connectivity index (χ4v) is 3.46. The summed E-state index contributed by atoms with van der Waals surface area (Å²) < 4.78 is 0. The maximum Gasteiger partial charge on any atom is 0.258 e. The monoisotopic (exact) mass is 397 g/mol. The van der Waals surface area contributed by atoms with Crippen molar-refractivity contribution in [2.75, 3.05) is 10.6 Å². The van der Waals surface area contributed by atoms with Gasteiger partial charge in [-0.3, -0.25) is 14.4 Å². The van der Waals surface area contributed by atoms with Gasteiger partial charge in [0.2, 0.25) is 5.91 Å². The van der Waals surface area contributed by atoms with Crippen LogP contribution in [-0.2, 0) is 4.79 Å². The van der Waals surface area contributed by atoms with E-state index in [1.165, 1.54) is 0 Å². The summed E-state index contributed by atoms with van der Waals surface area (Å²) in [6.45, 7) is 1.84. The summed E-state index contributed by atoms with van der Waals surface area (Å²) in [5, 5.41) is 6.17. The molecule has 0 bridgehead atoms. The molecular formula is C24H19N3O3. The van der Waals surface area contributed by atoms with Crippen LogP contribution in [0.4, 0.5) is 11.4 Å². The molecule has 1 heterocycles. The molecule has 30 heavy (non-hydrogen) atoms. The number of anilines is 2. The number of benzene rings is 3. The maximum absolute atomic E-state index is 12.9. The second-order valence-electron chi connectivity index (χ2n) is 7.01. The van der Waals surface area contributed by atoms with Crippen molar-refractivity contribution in [1.29, 1.82) is 0 Å². The fraction of sp³-hybridized carbons (Fsp3) is 0.0417. The maximum atomic E-state index is 12.9. The van der Waals surface area contributed by atoms with Crippen LogP contribution in [0.1, 0.15) is 37.4 Å². The van der Waals surface area contributed by atoms with E-state index in [-0.39, 0.29) is 5.91 Å². The van der Waals surface area contributed by atoms with Crippen LogP contribution in [0.2, 0.25) is 0 Å². The van der Waals surface area contributed by atoms with Gasteiger partial charge in [0.05, 0.1) is 11.3 Å². The zero-order chi connectivity index (χ0) is 21.3. The lowest BCUT2D eigenvalue weighted by atomic mass is 9.97. The number of amides is 2.